The van der Waals surface area contributed by atoms with Gasteiger partial charge < -0.3 is 11.1 Å². The maximum absolute atomic E-state index is 11.4. The minimum Gasteiger partial charge on any atom is -0.355 e. The van der Waals surface area contributed by atoms with E-state index in [0.29, 0.717) is 18.4 Å². The molecule has 0 bridgehead atoms. The highest BCUT2D eigenvalue weighted by molar-refractivity contribution is 5.76. The van der Waals surface area contributed by atoms with Gasteiger partial charge in [0.25, 0.3) is 0 Å². The zero-order valence-electron chi connectivity index (χ0n) is 11.5. The van der Waals surface area contributed by atoms with E-state index < -0.39 is 0 Å². The van der Waals surface area contributed by atoms with Crippen LogP contribution in [-0.2, 0) is 4.79 Å². The standard InChI is InChI=1S/C14H27N3O/c1-2-11-3-4-12(10-15)13(9-11)17-7-5-14(18)16-6-8-17/h11-13H,2-10,15H2,1H3,(H,16,18). The van der Waals surface area contributed by atoms with Gasteiger partial charge in [-0.1, -0.05) is 19.8 Å². The third-order valence-corrected chi connectivity index (χ3v) is 4.76. The molecule has 1 heterocycles. The largest absolute Gasteiger partial charge is 0.355 e. The van der Waals surface area contributed by atoms with Crippen LogP contribution in [0.4, 0.5) is 0 Å². The van der Waals surface area contributed by atoms with Gasteiger partial charge in [-0.25, -0.2) is 0 Å². The number of hydrogen-bond donors (Lipinski definition) is 2. The van der Waals surface area contributed by atoms with Gasteiger partial charge in [-0.15, -0.1) is 0 Å². The average Bonchev–Trinajstić information content (AvgIpc) is 2.62. The second-order valence-corrected chi connectivity index (χ2v) is 5.79. The predicted molar refractivity (Wildman–Crippen MR) is 73.2 cm³/mol. The summed E-state index contributed by atoms with van der Waals surface area (Å²) in [5, 5.41) is 2.96. The first-order valence-electron chi connectivity index (χ1n) is 7.45. The molecule has 0 spiro atoms. The van der Waals surface area contributed by atoms with Crippen molar-refractivity contribution in [2.24, 2.45) is 17.6 Å². The molecule has 0 aromatic heterocycles. The van der Waals surface area contributed by atoms with Crippen LogP contribution >= 0.6 is 0 Å². The number of nitrogens with two attached hydrogens (primary N) is 1. The summed E-state index contributed by atoms with van der Waals surface area (Å²) in [7, 11) is 0. The smallest absolute Gasteiger partial charge is 0.221 e. The molecule has 104 valence electrons. The number of nitrogens with one attached hydrogen (secondary N) is 1. The molecule has 0 radical (unpaired) electrons. The number of hydrogen-bond acceptors (Lipinski definition) is 3. The molecule has 1 saturated heterocycles. The van der Waals surface area contributed by atoms with Crippen LogP contribution in [-0.4, -0.2) is 43.0 Å². The molecule has 4 nitrogen and oxygen atoms in total. The molecule has 0 aromatic carbocycles. The Kier molecular flexibility index (Phi) is 5.01. The topological polar surface area (TPSA) is 58.4 Å². The summed E-state index contributed by atoms with van der Waals surface area (Å²) in [5.74, 6) is 1.68. The lowest BCUT2D eigenvalue weighted by atomic mass is 9.76. The van der Waals surface area contributed by atoms with Gasteiger partial charge >= 0.3 is 0 Å². The molecule has 0 aromatic rings. The summed E-state index contributed by atoms with van der Waals surface area (Å²) in [5.41, 5.74) is 5.94. The Hall–Kier alpha value is -0.610. The molecule has 2 fully saturated rings. The van der Waals surface area contributed by atoms with Gasteiger partial charge in [0.2, 0.25) is 5.91 Å². The minimum atomic E-state index is 0.199. The molecule has 4 heteroatoms. The van der Waals surface area contributed by atoms with E-state index in [1.807, 2.05) is 0 Å². The Morgan fingerprint density at radius 1 is 1.39 bits per heavy atom. The maximum atomic E-state index is 11.4. The third kappa shape index (κ3) is 3.23. The predicted octanol–water partition coefficient (Wildman–Crippen LogP) is 0.962. The van der Waals surface area contributed by atoms with Gasteiger partial charge in [-0.05, 0) is 31.2 Å². The second-order valence-electron chi connectivity index (χ2n) is 5.79. The first kappa shape index (κ1) is 13.8. The van der Waals surface area contributed by atoms with Crippen molar-refractivity contribution in [1.29, 1.82) is 0 Å². The Balaban J connectivity index is 2.00. The van der Waals surface area contributed by atoms with Crippen molar-refractivity contribution in [2.75, 3.05) is 26.2 Å². The SMILES string of the molecule is CCC1CCC(CN)C(N2CCNC(=O)CC2)C1. The van der Waals surface area contributed by atoms with Crippen LogP contribution in [0.1, 0.15) is 39.0 Å². The van der Waals surface area contributed by atoms with E-state index >= 15 is 0 Å². The quantitative estimate of drug-likeness (QED) is 0.788. The van der Waals surface area contributed by atoms with Crippen LogP contribution in [0.3, 0.4) is 0 Å². The Morgan fingerprint density at radius 3 is 2.94 bits per heavy atom. The van der Waals surface area contributed by atoms with E-state index in [2.05, 4.69) is 17.1 Å². The minimum absolute atomic E-state index is 0.199. The lowest BCUT2D eigenvalue weighted by Gasteiger charge is -2.42. The van der Waals surface area contributed by atoms with Crippen molar-refractivity contribution in [3.8, 4) is 0 Å². The summed E-state index contributed by atoms with van der Waals surface area (Å²) in [4.78, 5) is 13.9. The maximum Gasteiger partial charge on any atom is 0.221 e. The van der Waals surface area contributed by atoms with Crippen molar-refractivity contribution in [3.63, 3.8) is 0 Å². The average molecular weight is 253 g/mol. The Morgan fingerprint density at radius 2 is 2.22 bits per heavy atom. The molecule has 1 aliphatic carbocycles. The van der Waals surface area contributed by atoms with Crippen molar-refractivity contribution in [1.82, 2.24) is 10.2 Å². The summed E-state index contributed by atoms with van der Waals surface area (Å²) < 4.78 is 0. The van der Waals surface area contributed by atoms with Crippen LogP contribution in [0.5, 0.6) is 0 Å². The normalized spacial score (nSPS) is 35.0. The molecule has 3 N–H and O–H groups in total. The first-order valence-corrected chi connectivity index (χ1v) is 7.45. The fraction of sp³-hybridized carbons (Fsp3) is 0.929. The van der Waals surface area contributed by atoms with Gasteiger partial charge in [0.1, 0.15) is 0 Å². The van der Waals surface area contributed by atoms with Gasteiger partial charge in [-0.2, -0.15) is 0 Å². The molecule has 1 saturated carbocycles. The van der Waals surface area contributed by atoms with Crippen molar-refractivity contribution < 1.29 is 4.79 Å². The third-order valence-electron chi connectivity index (χ3n) is 4.76. The highest BCUT2D eigenvalue weighted by atomic mass is 16.1. The van der Waals surface area contributed by atoms with E-state index in [4.69, 9.17) is 5.73 Å². The molecule has 3 unspecified atom stereocenters. The summed E-state index contributed by atoms with van der Waals surface area (Å²) in [6.45, 7) is 5.77. The van der Waals surface area contributed by atoms with Gasteiger partial charge in [0.15, 0.2) is 0 Å². The van der Waals surface area contributed by atoms with Crippen LogP contribution in [0.15, 0.2) is 0 Å². The lowest BCUT2D eigenvalue weighted by molar-refractivity contribution is -0.120. The number of rotatable bonds is 3. The first-order chi connectivity index (χ1) is 8.74. The van der Waals surface area contributed by atoms with Crippen LogP contribution in [0.2, 0.25) is 0 Å². The summed E-state index contributed by atoms with van der Waals surface area (Å²) in [6.07, 6.45) is 5.79. The van der Waals surface area contributed by atoms with Crippen molar-refractivity contribution >= 4 is 5.91 Å². The second kappa shape index (κ2) is 6.53. The van der Waals surface area contributed by atoms with E-state index in [1.54, 1.807) is 0 Å². The molecule has 1 aliphatic heterocycles. The lowest BCUT2D eigenvalue weighted by Crippen LogP contribution is -2.48. The summed E-state index contributed by atoms with van der Waals surface area (Å²) in [6, 6.07) is 0.599. The van der Waals surface area contributed by atoms with Crippen LogP contribution < -0.4 is 11.1 Å². The van der Waals surface area contributed by atoms with E-state index in [-0.39, 0.29) is 5.91 Å². The zero-order valence-corrected chi connectivity index (χ0v) is 11.5. The molecular formula is C14H27N3O. The molecule has 18 heavy (non-hydrogen) atoms. The van der Waals surface area contributed by atoms with E-state index in [0.717, 1.165) is 32.1 Å². The highest BCUT2D eigenvalue weighted by Crippen LogP contribution is 2.33. The zero-order chi connectivity index (χ0) is 13.0. The molecule has 1 amide bonds. The highest BCUT2D eigenvalue weighted by Gasteiger charge is 2.33. The monoisotopic (exact) mass is 253 g/mol. The number of carbonyl (C=O) groups is 1. The fourth-order valence-electron chi connectivity index (χ4n) is 3.50. The number of nitrogens with zero attached hydrogens (tertiary/aromatic N) is 1. The van der Waals surface area contributed by atoms with Gasteiger partial charge in [0.05, 0.1) is 0 Å². The molecule has 2 rings (SSSR count). The van der Waals surface area contributed by atoms with Gasteiger partial charge in [-0.3, -0.25) is 9.69 Å². The number of carbonyl (C=O) groups excluding carboxylic acids is 1. The van der Waals surface area contributed by atoms with Gasteiger partial charge in [0, 0.05) is 32.1 Å². The van der Waals surface area contributed by atoms with Crippen molar-refractivity contribution in [2.45, 2.75) is 45.1 Å². The molecule has 2 aliphatic rings. The van der Waals surface area contributed by atoms with Crippen LogP contribution in [0.25, 0.3) is 0 Å². The number of amides is 1. The summed E-state index contributed by atoms with van der Waals surface area (Å²) >= 11 is 0. The van der Waals surface area contributed by atoms with Crippen molar-refractivity contribution in [3.05, 3.63) is 0 Å². The fourth-order valence-corrected chi connectivity index (χ4v) is 3.50. The van der Waals surface area contributed by atoms with E-state index in [1.165, 1.54) is 25.7 Å². The molecule has 3 atom stereocenters. The van der Waals surface area contributed by atoms with Crippen LogP contribution in [0, 0.1) is 11.8 Å². The molecular weight excluding hydrogens is 226 g/mol. The Labute approximate surface area is 110 Å². The Bertz CT molecular complexity index is 282. The van der Waals surface area contributed by atoms with E-state index in [9.17, 15) is 4.79 Å².